The Morgan fingerprint density at radius 3 is 2.06 bits per heavy atom. The van der Waals surface area contributed by atoms with Gasteiger partial charge in [-0.25, -0.2) is 0 Å². The predicted molar refractivity (Wildman–Crippen MR) is 58.3 cm³/mol. The average molecular weight is 240 g/mol. The fraction of sp³-hybridized carbons (Fsp3) is 0.167. The highest BCUT2D eigenvalue weighted by Crippen LogP contribution is 2.41. The number of nitrogens with one attached hydrogen (secondary N) is 1. The van der Waals surface area contributed by atoms with Crippen molar-refractivity contribution in [3.63, 3.8) is 0 Å². The minimum atomic E-state index is -4.57. The third kappa shape index (κ3) is 1.82. The van der Waals surface area contributed by atoms with Crippen LogP contribution in [0, 0.1) is 0 Å². The standard InChI is InChI=1S/C12H11F3N2/c13-12(14,15)11(16,10-7-4-8-17-10)9-5-2-1-3-6-9/h1-8,17H,16H2/t11-/m0/s1. The molecule has 0 bridgehead atoms. The summed E-state index contributed by atoms with van der Waals surface area (Å²) in [5.41, 5.74) is 3.04. The summed E-state index contributed by atoms with van der Waals surface area (Å²) in [5.74, 6) is 0. The lowest BCUT2D eigenvalue weighted by molar-refractivity contribution is -0.177. The molecule has 1 aromatic carbocycles. The molecule has 0 unspecified atom stereocenters. The summed E-state index contributed by atoms with van der Waals surface area (Å²) in [6.45, 7) is 0. The highest BCUT2D eigenvalue weighted by Gasteiger charge is 2.55. The molecule has 0 amide bonds. The fourth-order valence-corrected chi connectivity index (χ4v) is 1.75. The van der Waals surface area contributed by atoms with Crippen molar-refractivity contribution in [3.8, 4) is 0 Å². The third-order valence-electron chi connectivity index (χ3n) is 2.70. The number of halogens is 3. The maximum Gasteiger partial charge on any atom is 0.416 e. The predicted octanol–water partition coefficient (Wildman–Crippen LogP) is 2.78. The van der Waals surface area contributed by atoms with E-state index in [4.69, 9.17) is 5.73 Å². The fourth-order valence-electron chi connectivity index (χ4n) is 1.75. The van der Waals surface area contributed by atoms with Crippen LogP contribution < -0.4 is 5.73 Å². The zero-order valence-corrected chi connectivity index (χ0v) is 8.83. The molecule has 90 valence electrons. The van der Waals surface area contributed by atoms with Crippen LogP contribution >= 0.6 is 0 Å². The summed E-state index contributed by atoms with van der Waals surface area (Å²) in [6.07, 6.45) is -3.15. The van der Waals surface area contributed by atoms with Crippen molar-refractivity contribution in [2.24, 2.45) is 5.73 Å². The molecular formula is C12H11F3N2. The van der Waals surface area contributed by atoms with E-state index in [0.29, 0.717) is 0 Å². The van der Waals surface area contributed by atoms with Crippen LogP contribution in [-0.4, -0.2) is 11.2 Å². The Kier molecular flexibility index (Phi) is 2.71. The van der Waals surface area contributed by atoms with Gasteiger partial charge in [0, 0.05) is 11.9 Å². The average Bonchev–Trinajstić information content (AvgIpc) is 2.81. The van der Waals surface area contributed by atoms with Crippen LogP contribution in [0.15, 0.2) is 48.7 Å². The Hall–Kier alpha value is -1.75. The van der Waals surface area contributed by atoms with E-state index in [9.17, 15) is 13.2 Å². The molecule has 1 atom stereocenters. The molecule has 3 N–H and O–H groups in total. The molecule has 0 aliphatic rings. The Morgan fingerprint density at radius 1 is 0.941 bits per heavy atom. The number of hydrogen-bond donors (Lipinski definition) is 2. The van der Waals surface area contributed by atoms with Gasteiger partial charge in [-0.05, 0) is 17.7 Å². The molecule has 2 nitrogen and oxygen atoms in total. The highest BCUT2D eigenvalue weighted by atomic mass is 19.4. The summed E-state index contributed by atoms with van der Waals surface area (Å²) in [7, 11) is 0. The lowest BCUT2D eigenvalue weighted by Gasteiger charge is -2.31. The minimum Gasteiger partial charge on any atom is -0.363 e. The number of aromatic nitrogens is 1. The van der Waals surface area contributed by atoms with Gasteiger partial charge < -0.3 is 10.7 Å². The van der Waals surface area contributed by atoms with Crippen LogP contribution in [-0.2, 0) is 5.54 Å². The second-order valence-corrected chi connectivity index (χ2v) is 3.76. The monoisotopic (exact) mass is 240 g/mol. The summed E-state index contributed by atoms with van der Waals surface area (Å²) < 4.78 is 39.6. The topological polar surface area (TPSA) is 41.8 Å². The van der Waals surface area contributed by atoms with Crippen molar-refractivity contribution in [2.75, 3.05) is 0 Å². The van der Waals surface area contributed by atoms with Gasteiger partial charge in [0.05, 0.1) is 0 Å². The molecule has 1 heterocycles. The molecule has 0 aliphatic heterocycles. The molecule has 0 radical (unpaired) electrons. The van der Waals surface area contributed by atoms with E-state index < -0.39 is 11.7 Å². The van der Waals surface area contributed by atoms with Crippen molar-refractivity contribution in [3.05, 3.63) is 59.9 Å². The smallest absolute Gasteiger partial charge is 0.363 e. The third-order valence-corrected chi connectivity index (χ3v) is 2.70. The maximum atomic E-state index is 13.2. The van der Waals surface area contributed by atoms with Crippen molar-refractivity contribution >= 4 is 0 Å². The van der Waals surface area contributed by atoms with Crippen LogP contribution in [0.2, 0.25) is 0 Å². The van der Waals surface area contributed by atoms with E-state index >= 15 is 0 Å². The lowest BCUT2D eigenvalue weighted by Crippen LogP contribution is -2.51. The second-order valence-electron chi connectivity index (χ2n) is 3.76. The van der Waals surface area contributed by atoms with Gasteiger partial charge >= 0.3 is 6.18 Å². The molecule has 2 aromatic rings. The Balaban J connectivity index is 2.61. The van der Waals surface area contributed by atoms with Crippen LogP contribution in [0.5, 0.6) is 0 Å². The molecule has 0 fully saturated rings. The summed E-state index contributed by atoms with van der Waals surface area (Å²) in [4.78, 5) is 2.54. The van der Waals surface area contributed by atoms with Gasteiger partial charge in [0.2, 0.25) is 0 Å². The number of nitrogens with two attached hydrogens (primary N) is 1. The highest BCUT2D eigenvalue weighted by molar-refractivity contribution is 5.36. The van der Waals surface area contributed by atoms with Gasteiger partial charge in [-0.3, -0.25) is 0 Å². The zero-order chi connectivity index (χ0) is 12.5. The largest absolute Gasteiger partial charge is 0.416 e. The number of hydrogen-bond acceptors (Lipinski definition) is 1. The Labute approximate surface area is 96.3 Å². The van der Waals surface area contributed by atoms with E-state index in [0.717, 1.165) is 0 Å². The van der Waals surface area contributed by atoms with E-state index in [1.807, 2.05) is 0 Å². The first-order chi connectivity index (χ1) is 7.96. The van der Waals surface area contributed by atoms with E-state index in [-0.39, 0.29) is 11.3 Å². The minimum absolute atomic E-state index is 0.00921. The van der Waals surface area contributed by atoms with Crippen LogP contribution in [0.4, 0.5) is 13.2 Å². The Bertz CT molecular complexity index is 476. The number of H-pyrrole nitrogens is 1. The summed E-state index contributed by atoms with van der Waals surface area (Å²) >= 11 is 0. The maximum absolute atomic E-state index is 13.2. The van der Waals surface area contributed by atoms with Crippen molar-refractivity contribution in [2.45, 2.75) is 11.7 Å². The van der Waals surface area contributed by atoms with Gasteiger partial charge in [-0.15, -0.1) is 0 Å². The summed E-state index contributed by atoms with van der Waals surface area (Å²) in [5, 5.41) is 0. The lowest BCUT2D eigenvalue weighted by atomic mass is 9.87. The number of benzene rings is 1. The molecule has 2 rings (SSSR count). The van der Waals surface area contributed by atoms with Gasteiger partial charge in [0.1, 0.15) is 0 Å². The quantitative estimate of drug-likeness (QED) is 0.832. The van der Waals surface area contributed by atoms with E-state index in [2.05, 4.69) is 4.98 Å². The molecule has 5 heteroatoms. The van der Waals surface area contributed by atoms with Crippen molar-refractivity contribution in [1.82, 2.24) is 4.98 Å². The van der Waals surface area contributed by atoms with Gasteiger partial charge in [0.15, 0.2) is 5.54 Å². The van der Waals surface area contributed by atoms with E-state index in [1.54, 1.807) is 6.07 Å². The molecular weight excluding hydrogens is 229 g/mol. The van der Waals surface area contributed by atoms with Gasteiger partial charge in [-0.2, -0.15) is 13.2 Å². The molecule has 0 saturated carbocycles. The number of alkyl halides is 3. The van der Waals surface area contributed by atoms with Crippen LogP contribution in [0.1, 0.15) is 11.3 Å². The first-order valence-corrected chi connectivity index (χ1v) is 5.01. The number of rotatable bonds is 2. The zero-order valence-electron chi connectivity index (χ0n) is 8.83. The van der Waals surface area contributed by atoms with Gasteiger partial charge in [0.25, 0.3) is 0 Å². The van der Waals surface area contributed by atoms with Crippen molar-refractivity contribution < 1.29 is 13.2 Å². The second kappa shape index (κ2) is 3.92. The summed E-state index contributed by atoms with van der Waals surface area (Å²) in [6, 6.07) is 10.3. The SMILES string of the molecule is N[C@@](c1ccccc1)(c1ccc[nH]1)C(F)(F)F. The molecule has 17 heavy (non-hydrogen) atoms. The Morgan fingerprint density at radius 2 is 1.59 bits per heavy atom. The number of aromatic amines is 1. The molecule has 1 aromatic heterocycles. The normalized spacial score (nSPS) is 15.5. The van der Waals surface area contributed by atoms with Crippen LogP contribution in [0.25, 0.3) is 0 Å². The van der Waals surface area contributed by atoms with Crippen LogP contribution in [0.3, 0.4) is 0 Å². The van der Waals surface area contributed by atoms with Crippen molar-refractivity contribution in [1.29, 1.82) is 0 Å². The molecule has 0 aliphatic carbocycles. The van der Waals surface area contributed by atoms with E-state index in [1.165, 1.54) is 42.6 Å². The molecule has 0 spiro atoms. The molecule has 0 saturated heterocycles. The van der Waals surface area contributed by atoms with Gasteiger partial charge in [-0.1, -0.05) is 30.3 Å². The first kappa shape index (κ1) is 11.7. The first-order valence-electron chi connectivity index (χ1n) is 5.01.